The van der Waals surface area contributed by atoms with Gasteiger partial charge >= 0.3 is 12.2 Å². The average molecular weight is 430 g/mol. The molecule has 166 valence electrons. The number of carbonyl (C=O) groups is 2. The lowest BCUT2D eigenvalue weighted by Crippen LogP contribution is -2.18. The predicted octanol–water partition coefficient (Wildman–Crippen LogP) is 3.90. The summed E-state index contributed by atoms with van der Waals surface area (Å²) in [7, 11) is 3.99. The molecule has 0 spiro atoms. The summed E-state index contributed by atoms with van der Waals surface area (Å²) in [5.74, 6) is 0.875. The number of carbonyl (C=O) groups excluding carboxylic acids is 2. The van der Waals surface area contributed by atoms with Gasteiger partial charge in [-0.25, -0.2) is 9.59 Å². The van der Waals surface area contributed by atoms with E-state index in [0.29, 0.717) is 11.5 Å². The van der Waals surface area contributed by atoms with Gasteiger partial charge in [0, 0.05) is 18.1 Å². The van der Waals surface area contributed by atoms with Crippen molar-refractivity contribution in [2.45, 2.75) is 20.3 Å². The van der Waals surface area contributed by atoms with Gasteiger partial charge in [-0.05, 0) is 58.6 Å². The molecule has 0 atom stereocenters. The highest BCUT2D eigenvalue weighted by molar-refractivity contribution is 5.92. The van der Waals surface area contributed by atoms with Crippen molar-refractivity contribution in [3.05, 3.63) is 59.6 Å². The molecular formula is C22H26N2O7. The highest BCUT2D eigenvalue weighted by Gasteiger charge is 2.20. The third-order valence-corrected chi connectivity index (χ3v) is 4.64. The number of allylic oxidation sites excluding steroid dienone is 1. The second-order valence-corrected chi connectivity index (χ2v) is 7.36. The van der Waals surface area contributed by atoms with Crippen molar-refractivity contribution in [3.63, 3.8) is 0 Å². The van der Waals surface area contributed by atoms with Crippen molar-refractivity contribution in [3.8, 4) is 0 Å². The largest absolute Gasteiger partial charge is 0.511 e. The molecule has 0 N–H and O–H groups in total. The Bertz CT molecular complexity index is 1040. The number of ether oxygens (including phenoxy) is 5. The van der Waals surface area contributed by atoms with Gasteiger partial charge < -0.3 is 28.6 Å². The lowest BCUT2D eigenvalue weighted by molar-refractivity contribution is -0.0144. The van der Waals surface area contributed by atoms with E-state index in [0.717, 1.165) is 35.0 Å². The van der Waals surface area contributed by atoms with Crippen molar-refractivity contribution < 1.29 is 33.3 Å². The van der Waals surface area contributed by atoms with Gasteiger partial charge in [-0.2, -0.15) is 0 Å². The molecule has 1 aromatic carbocycles. The molecule has 0 saturated heterocycles. The Labute approximate surface area is 180 Å². The summed E-state index contributed by atoms with van der Waals surface area (Å²) in [6.45, 7) is 7.23. The minimum absolute atomic E-state index is 0.109. The predicted molar refractivity (Wildman–Crippen MR) is 112 cm³/mol. The fourth-order valence-electron chi connectivity index (χ4n) is 3.06. The molecular weight excluding hydrogens is 404 g/mol. The van der Waals surface area contributed by atoms with Crippen LogP contribution < -0.4 is 0 Å². The fourth-order valence-corrected chi connectivity index (χ4v) is 3.06. The maximum Gasteiger partial charge on any atom is 0.511 e. The van der Waals surface area contributed by atoms with Gasteiger partial charge in [-0.15, -0.1) is 0 Å². The molecule has 0 amide bonds. The first-order valence-corrected chi connectivity index (χ1v) is 9.71. The third kappa shape index (κ3) is 5.58. The highest BCUT2D eigenvalue weighted by atomic mass is 16.8. The van der Waals surface area contributed by atoms with Crippen LogP contribution in [0.3, 0.4) is 0 Å². The van der Waals surface area contributed by atoms with Gasteiger partial charge in [-0.1, -0.05) is 11.6 Å². The van der Waals surface area contributed by atoms with E-state index in [-0.39, 0.29) is 12.6 Å². The first kappa shape index (κ1) is 22.2. The molecule has 1 aliphatic rings. The summed E-state index contributed by atoms with van der Waals surface area (Å²) < 4.78 is 26.5. The van der Waals surface area contributed by atoms with Crippen LogP contribution in [-0.4, -0.2) is 55.8 Å². The van der Waals surface area contributed by atoms with Crippen molar-refractivity contribution in [1.82, 2.24) is 9.47 Å². The van der Waals surface area contributed by atoms with E-state index in [2.05, 4.69) is 11.5 Å². The van der Waals surface area contributed by atoms with Crippen LogP contribution in [0.15, 0.2) is 48.4 Å². The number of fused-ring (bicyclic) bond motifs is 1. The number of nitrogens with zero attached hydrogens (tertiary/aromatic N) is 2. The Kier molecular flexibility index (Phi) is 6.86. The SMILES string of the molecule is C=C1OC(C)=C(COC(=O)OCOC(=O)n2cc(CCN(C)C)c3cc(C)ccc32)O1. The maximum atomic E-state index is 12.6. The van der Waals surface area contributed by atoms with Gasteiger partial charge in [0.1, 0.15) is 5.76 Å². The molecule has 0 aliphatic carbocycles. The Hall–Kier alpha value is -3.46. The van der Waals surface area contributed by atoms with Crippen molar-refractivity contribution >= 4 is 23.2 Å². The van der Waals surface area contributed by atoms with Gasteiger partial charge in [-0.3, -0.25) is 4.57 Å². The van der Waals surface area contributed by atoms with E-state index >= 15 is 0 Å². The Morgan fingerprint density at radius 2 is 1.90 bits per heavy atom. The minimum atomic E-state index is -1.01. The zero-order chi connectivity index (χ0) is 22.5. The van der Waals surface area contributed by atoms with Gasteiger partial charge in [0.15, 0.2) is 12.4 Å². The standard InChI is InChI=1S/C22H26N2O7/c1-14-6-7-19-18(10-14)17(8-9-23(4)5)11-24(19)21(25)28-13-29-22(26)27-12-20-15(2)30-16(3)31-20/h6-7,10-11H,3,8-9,12-13H2,1-2,4-5H3. The molecule has 0 radical (unpaired) electrons. The van der Waals surface area contributed by atoms with Crippen LogP contribution >= 0.6 is 0 Å². The van der Waals surface area contributed by atoms with Gasteiger partial charge in [0.25, 0.3) is 5.95 Å². The van der Waals surface area contributed by atoms with Crippen molar-refractivity contribution in [1.29, 1.82) is 0 Å². The first-order valence-electron chi connectivity index (χ1n) is 9.71. The second-order valence-electron chi connectivity index (χ2n) is 7.36. The lowest BCUT2D eigenvalue weighted by atomic mass is 10.1. The van der Waals surface area contributed by atoms with Crippen LogP contribution in [-0.2, 0) is 30.1 Å². The topological polar surface area (TPSA) is 88.5 Å². The van der Waals surface area contributed by atoms with E-state index in [9.17, 15) is 9.59 Å². The quantitative estimate of drug-likeness (QED) is 0.483. The van der Waals surface area contributed by atoms with E-state index in [4.69, 9.17) is 23.7 Å². The molecule has 9 heteroatoms. The number of likely N-dealkylation sites (N-methyl/N-ethyl adjacent to an activating group) is 1. The molecule has 9 nitrogen and oxygen atoms in total. The zero-order valence-electron chi connectivity index (χ0n) is 18.1. The van der Waals surface area contributed by atoms with Crippen LogP contribution in [0.4, 0.5) is 9.59 Å². The Balaban J connectivity index is 1.57. The van der Waals surface area contributed by atoms with Gasteiger partial charge in [0.05, 0.1) is 5.52 Å². The maximum absolute atomic E-state index is 12.6. The molecule has 1 aliphatic heterocycles. The molecule has 0 bridgehead atoms. The van der Waals surface area contributed by atoms with Crippen molar-refractivity contribution in [2.24, 2.45) is 0 Å². The molecule has 1 aromatic heterocycles. The number of rotatable bonds is 7. The molecule has 0 saturated carbocycles. The summed E-state index contributed by atoms with van der Waals surface area (Å²) in [6, 6.07) is 5.84. The Morgan fingerprint density at radius 1 is 1.13 bits per heavy atom. The smallest absolute Gasteiger partial charge is 0.428 e. The number of hydrogen-bond donors (Lipinski definition) is 0. The molecule has 2 aromatic rings. The lowest BCUT2D eigenvalue weighted by Gasteiger charge is -2.08. The second kappa shape index (κ2) is 9.57. The molecule has 0 unspecified atom stereocenters. The van der Waals surface area contributed by atoms with Crippen LogP contribution in [0.25, 0.3) is 10.9 Å². The summed E-state index contributed by atoms with van der Waals surface area (Å²) in [5, 5.41) is 0.989. The molecule has 0 fully saturated rings. The third-order valence-electron chi connectivity index (χ3n) is 4.64. The number of aromatic nitrogens is 1. The summed E-state index contributed by atoms with van der Waals surface area (Å²) in [5.41, 5.74) is 2.86. The summed E-state index contributed by atoms with van der Waals surface area (Å²) >= 11 is 0. The van der Waals surface area contributed by atoms with Crippen LogP contribution in [0.1, 0.15) is 18.1 Å². The summed E-state index contributed by atoms with van der Waals surface area (Å²) in [6.07, 6.45) is 0.881. The van der Waals surface area contributed by atoms with E-state index in [1.165, 1.54) is 4.57 Å². The number of benzene rings is 1. The number of hydrogen-bond acceptors (Lipinski definition) is 8. The van der Waals surface area contributed by atoms with Gasteiger partial charge in [0.2, 0.25) is 6.79 Å². The zero-order valence-corrected chi connectivity index (χ0v) is 18.1. The molecule has 3 rings (SSSR count). The minimum Gasteiger partial charge on any atom is -0.428 e. The first-order chi connectivity index (χ1) is 14.7. The Morgan fingerprint density at radius 3 is 2.58 bits per heavy atom. The van der Waals surface area contributed by atoms with E-state index in [1.807, 2.05) is 39.2 Å². The van der Waals surface area contributed by atoms with E-state index < -0.39 is 19.0 Å². The normalized spacial score (nSPS) is 13.4. The van der Waals surface area contributed by atoms with Crippen LogP contribution in [0, 0.1) is 6.92 Å². The van der Waals surface area contributed by atoms with Crippen molar-refractivity contribution in [2.75, 3.05) is 34.0 Å². The number of aryl methyl sites for hydroxylation is 1. The highest BCUT2D eigenvalue weighted by Crippen LogP contribution is 2.24. The van der Waals surface area contributed by atoms with E-state index in [1.54, 1.807) is 13.1 Å². The van der Waals surface area contributed by atoms with Crippen LogP contribution in [0.5, 0.6) is 0 Å². The fraction of sp³-hybridized carbons (Fsp3) is 0.364. The average Bonchev–Trinajstić information content (AvgIpc) is 3.23. The molecule has 31 heavy (non-hydrogen) atoms. The molecule has 2 heterocycles. The summed E-state index contributed by atoms with van der Waals surface area (Å²) in [4.78, 5) is 26.4. The monoisotopic (exact) mass is 430 g/mol. The van der Waals surface area contributed by atoms with Crippen LogP contribution in [0.2, 0.25) is 0 Å².